The number of primary amides is 1. The minimum atomic E-state index is -1.23. The van der Waals surface area contributed by atoms with Gasteiger partial charge in [0.2, 0.25) is 35.4 Å². The SMILES string of the molecule is NCCCCNCCC(=O)NCCCCNCCC(=O)NCCCCCNC(=O)C(CC(N)=O)NC(=O)C(CCCN)NC(=O)Cc1c[nH]c2cc(O)ccc12. The van der Waals surface area contributed by atoms with Gasteiger partial charge in [-0.1, -0.05) is 0 Å². The van der Waals surface area contributed by atoms with Crippen LogP contribution in [-0.4, -0.2) is 117 Å². The third kappa shape index (κ3) is 20.8. The van der Waals surface area contributed by atoms with Gasteiger partial charge in [-0.25, -0.2) is 0 Å². The van der Waals surface area contributed by atoms with E-state index < -0.39 is 42.1 Å². The number of benzene rings is 1. The number of unbranched alkanes of at least 4 members (excludes halogenated alkanes) is 4. The lowest BCUT2D eigenvalue weighted by molar-refractivity contribution is -0.133. The first kappa shape index (κ1) is 47.4. The Kier molecular flexibility index (Phi) is 24.2. The Bertz CT molecular complexity index is 1500. The van der Waals surface area contributed by atoms with Crippen LogP contribution < -0.4 is 54.4 Å². The number of phenolic OH excluding ortho intramolecular Hbond substituents is 1. The number of nitrogens with two attached hydrogens (primary N) is 3. The van der Waals surface area contributed by atoms with Crippen LogP contribution in [-0.2, 0) is 35.2 Å². The van der Waals surface area contributed by atoms with Crippen LogP contribution in [0.25, 0.3) is 10.9 Å². The van der Waals surface area contributed by atoms with E-state index in [-0.39, 0.29) is 43.5 Å². The molecule has 0 aliphatic rings. The van der Waals surface area contributed by atoms with Crippen molar-refractivity contribution < 1.29 is 33.9 Å². The van der Waals surface area contributed by atoms with Gasteiger partial charge in [-0.3, -0.25) is 28.8 Å². The highest BCUT2D eigenvalue weighted by Gasteiger charge is 2.28. The number of amides is 6. The van der Waals surface area contributed by atoms with Crippen molar-refractivity contribution in [1.29, 1.82) is 0 Å². The largest absolute Gasteiger partial charge is 0.508 e. The van der Waals surface area contributed by atoms with E-state index in [4.69, 9.17) is 17.2 Å². The lowest BCUT2D eigenvalue weighted by atomic mass is 10.1. The molecule has 1 heterocycles. The normalized spacial score (nSPS) is 12.1. The smallest absolute Gasteiger partial charge is 0.243 e. The first-order chi connectivity index (χ1) is 27.0. The van der Waals surface area contributed by atoms with Crippen LogP contribution in [0.3, 0.4) is 0 Å². The minimum Gasteiger partial charge on any atom is -0.508 e. The molecule has 0 aliphatic carbocycles. The third-order valence-corrected chi connectivity index (χ3v) is 8.93. The van der Waals surface area contributed by atoms with Crippen LogP contribution in [0.15, 0.2) is 24.4 Å². The number of nitrogens with one attached hydrogen (secondary N) is 8. The first-order valence-electron chi connectivity index (χ1n) is 19.8. The molecule has 18 heteroatoms. The predicted molar refractivity (Wildman–Crippen MR) is 215 cm³/mol. The Morgan fingerprint density at radius 1 is 0.643 bits per heavy atom. The number of aromatic nitrogens is 1. The third-order valence-electron chi connectivity index (χ3n) is 8.93. The number of aromatic amines is 1. The summed E-state index contributed by atoms with van der Waals surface area (Å²) in [4.78, 5) is 78.0. The molecular formula is C38H65N11O7. The molecule has 15 N–H and O–H groups in total. The molecule has 314 valence electrons. The number of aromatic hydroxyl groups is 1. The monoisotopic (exact) mass is 788 g/mol. The zero-order valence-corrected chi connectivity index (χ0v) is 32.6. The Labute approximate surface area is 329 Å². The molecule has 0 saturated heterocycles. The lowest BCUT2D eigenvalue weighted by Crippen LogP contribution is -2.55. The van der Waals surface area contributed by atoms with E-state index in [1.807, 2.05) is 0 Å². The number of rotatable bonds is 32. The van der Waals surface area contributed by atoms with Gasteiger partial charge in [-0.15, -0.1) is 0 Å². The number of H-pyrrole nitrogens is 1. The lowest BCUT2D eigenvalue weighted by Gasteiger charge is -2.22. The number of hydrogen-bond donors (Lipinski definition) is 12. The molecule has 1 aromatic carbocycles. The van der Waals surface area contributed by atoms with E-state index >= 15 is 0 Å². The van der Waals surface area contributed by atoms with Crippen molar-refractivity contribution in [2.24, 2.45) is 17.2 Å². The second-order valence-electron chi connectivity index (χ2n) is 13.8. The molecule has 0 saturated carbocycles. The highest BCUT2D eigenvalue weighted by atomic mass is 16.3. The van der Waals surface area contributed by atoms with Gasteiger partial charge in [-0.05, 0) is 102 Å². The molecule has 2 atom stereocenters. The summed E-state index contributed by atoms with van der Waals surface area (Å²) in [5.41, 5.74) is 17.8. The summed E-state index contributed by atoms with van der Waals surface area (Å²) in [7, 11) is 0. The summed E-state index contributed by atoms with van der Waals surface area (Å²) in [5, 5.41) is 30.8. The van der Waals surface area contributed by atoms with Gasteiger partial charge in [0.05, 0.1) is 12.8 Å². The van der Waals surface area contributed by atoms with Gasteiger partial charge in [0, 0.05) is 68.7 Å². The molecule has 0 aliphatic heterocycles. The molecule has 0 bridgehead atoms. The molecule has 6 amide bonds. The van der Waals surface area contributed by atoms with E-state index in [0.717, 1.165) is 50.6 Å². The van der Waals surface area contributed by atoms with E-state index in [1.165, 1.54) is 6.07 Å². The number of fused-ring (bicyclic) bond motifs is 1. The van der Waals surface area contributed by atoms with Crippen molar-refractivity contribution in [3.05, 3.63) is 30.0 Å². The van der Waals surface area contributed by atoms with Crippen LogP contribution in [0.2, 0.25) is 0 Å². The maximum Gasteiger partial charge on any atom is 0.243 e. The second kappa shape index (κ2) is 28.6. The molecular weight excluding hydrogens is 722 g/mol. The maximum atomic E-state index is 13.3. The van der Waals surface area contributed by atoms with Gasteiger partial charge in [0.1, 0.15) is 17.8 Å². The van der Waals surface area contributed by atoms with Crippen LogP contribution >= 0.6 is 0 Å². The molecule has 2 rings (SSSR count). The highest BCUT2D eigenvalue weighted by Crippen LogP contribution is 2.23. The van der Waals surface area contributed by atoms with Crippen molar-refractivity contribution in [2.75, 3.05) is 58.9 Å². The second-order valence-corrected chi connectivity index (χ2v) is 13.8. The molecule has 2 unspecified atom stereocenters. The fourth-order valence-electron chi connectivity index (χ4n) is 5.83. The van der Waals surface area contributed by atoms with Crippen molar-refractivity contribution >= 4 is 46.3 Å². The van der Waals surface area contributed by atoms with Crippen molar-refractivity contribution in [3.8, 4) is 5.75 Å². The van der Waals surface area contributed by atoms with Gasteiger partial charge in [-0.2, -0.15) is 0 Å². The van der Waals surface area contributed by atoms with Crippen molar-refractivity contribution in [3.63, 3.8) is 0 Å². The minimum absolute atomic E-state index is 0.0382. The fourth-order valence-corrected chi connectivity index (χ4v) is 5.83. The van der Waals surface area contributed by atoms with E-state index in [9.17, 15) is 33.9 Å². The average Bonchev–Trinajstić information content (AvgIpc) is 3.55. The molecule has 1 aromatic heterocycles. The molecule has 56 heavy (non-hydrogen) atoms. The molecule has 0 spiro atoms. The average molecular weight is 788 g/mol. The number of phenols is 1. The van der Waals surface area contributed by atoms with E-state index in [1.54, 1.807) is 18.3 Å². The van der Waals surface area contributed by atoms with Crippen molar-refractivity contribution in [2.45, 2.75) is 95.6 Å². The summed E-state index contributed by atoms with van der Waals surface area (Å²) in [5.74, 6) is -2.36. The number of hydrogen-bond acceptors (Lipinski definition) is 11. The van der Waals surface area contributed by atoms with E-state index in [2.05, 4.69) is 42.2 Å². The summed E-state index contributed by atoms with van der Waals surface area (Å²) >= 11 is 0. The fraction of sp³-hybridized carbons (Fsp3) is 0.632. The van der Waals surface area contributed by atoms with Crippen LogP contribution in [0.4, 0.5) is 0 Å². The molecule has 0 radical (unpaired) electrons. The van der Waals surface area contributed by atoms with Gasteiger partial charge in [0.15, 0.2) is 0 Å². The van der Waals surface area contributed by atoms with Crippen LogP contribution in [0.5, 0.6) is 5.75 Å². The number of carbonyl (C=O) groups excluding carboxylic acids is 6. The summed E-state index contributed by atoms with van der Waals surface area (Å²) in [6.45, 7) is 5.21. The zero-order chi connectivity index (χ0) is 41.0. The Balaban J connectivity index is 1.60. The zero-order valence-electron chi connectivity index (χ0n) is 32.6. The Morgan fingerprint density at radius 3 is 1.86 bits per heavy atom. The summed E-state index contributed by atoms with van der Waals surface area (Å²) < 4.78 is 0. The quantitative estimate of drug-likeness (QED) is 0.0399. The van der Waals surface area contributed by atoms with Gasteiger partial charge >= 0.3 is 0 Å². The first-order valence-corrected chi connectivity index (χ1v) is 19.8. The van der Waals surface area contributed by atoms with Crippen molar-refractivity contribution in [1.82, 2.24) is 42.2 Å². The highest BCUT2D eigenvalue weighted by molar-refractivity contribution is 5.95. The molecule has 0 fully saturated rings. The van der Waals surface area contributed by atoms with Crippen LogP contribution in [0, 0.1) is 0 Å². The standard InChI is InChI=1S/C38H65N11O7/c39-14-2-5-16-42-21-12-35(53)45-19-7-6-17-43-22-13-34(52)44-18-3-1-4-20-46-37(55)32(25-33(41)51)49-38(56)30(9-8-15-40)48-36(54)23-27-26-47-31-24-28(50)10-11-29(27)31/h10-11,24,26,30,32,42-43,47,50H,1-9,12-23,25,39-40H2,(H2,41,51)(H,44,52)(H,45,53)(H,46,55)(H,48,54)(H,49,56). The molecule has 18 nitrogen and oxygen atoms in total. The summed E-state index contributed by atoms with van der Waals surface area (Å²) in [6, 6.07) is 2.52. The Hall–Kier alpha value is -4.78. The topological polar surface area (TPSA) is 301 Å². The Morgan fingerprint density at radius 2 is 1.23 bits per heavy atom. The van der Waals surface area contributed by atoms with Gasteiger partial charge < -0.3 is 64.5 Å². The van der Waals surface area contributed by atoms with Gasteiger partial charge in [0.25, 0.3) is 0 Å². The maximum absolute atomic E-state index is 13.3. The number of carbonyl (C=O) groups is 6. The van der Waals surface area contributed by atoms with Crippen LogP contribution in [0.1, 0.15) is 82.6 Å². The predicted octanol–water partition coefficient (Wildman–Crippen LogP) is -1.00. The van der Waals surface area contributed by atoms with E-state index in [0.29, 0.717) is 75.9 Å². The molecule has 2 aromatic rings. The summed E-state index contributed by atoms with van der Waals surface area (Å²) in [6.07, 6.45) is 8.41.